The van der Waals surface area contributed by atoms with Crippen molar-refractivity contribution in [3.8, 4) is 0 Å². The van der Waals surface area contributed by atoms with Crippen LogP contribution in [0.4, 0.5) is 5.69 Å². The van der Waals surface area contributed by atoms with E-state index in [2.05, 4.69) is 17.1 Å². The third-order valence-electron chi connectivity index (χ3n) is 3.53. The van der Waals surface area contributed by atoms with Crippen LogP contribution >= 0.6 is 35.4 Å². The van der Waals surface area contributed by atoms with E-state index in [1.165, 1.54) is 19.3 Å². The first kappa shape index (κ1) is 14.9. The Morgan fingerprint density at radius 3 is 2.84 bits per heavy atom. The van der Waals surface area contributed by atoms with Gasteiger partial charge in [-0.05, 0) is 56.1 Å². The fourth-order valence-corrected chi connectivity index (χ4v) is 3.12. The summed E-state index contributed by atoms with van der Waals surface area (Å²) in [5.41, 5.74) is 0.889. The Kier molecular flexibility index (Phi) is 5.31. The van der Waals surface area contributed by atoms with Gasteiger partial charge in [0.05, 0.1) is 10.0 Å². The molecule has 1 fully saturated rings. The minimum absolute atomic E-state index is 0.542. The van der Waals surface area contributed by atoms with Crippen molar-refractivity contribution in [1.29, 1.82) is 0 Å². The van der Waals surface area contributed by atoms with Gasteiger partial charge in [0, 0.05) is 18.3 Å². The smallest absolute Gasteiger partial charge is 0.173 e. The van der Waals surface area contributed by atoms with E-state index < -0.39 is 0 Å². The molecule has 2 nitrogen and oxygen atoms in total. The lowest BCUT2D eigenvalue weighted by Gasteiger charge is -2.37. The molecule has 0 aromatic heterocycles. The summed E-state index contributed by atoms with van der Waals surface area (Å²) in [4.78, 5) is 2.29. The zero-order valence-electron chi connectivity index (χ0n) is 11.0. The summed E-state index contributed by atoms with van der Waals surface area (Å²) in [7, 11) is 0. The second-order valence-corrected chi connectivity index (χ2v) is 6.01. The molecule has 0 spiro atoms. The van der Waals surface area contributed by atoms with E-state index in [1.807, 2.05) is 6.07 Å². The monoisotopic (exact) mass is 316 g/mol. The zero-order valence-corrected chi connectivity index (χ0v) is 13.3. The van der Waals surface area contributed by atoms with Crippen LogP contribution in [-0.4, -0.2) is 22.6 Å². The molecule has 1 atom stereocenters. The van der Waals surface area contributed by atoms with E-state index in [-0.39, 0.29) is 0 Å². The zero-order chi connectivity index (χ0) is 13.8. The number of hydrogen-bond donors (Lipinski definition) is 1. The number of anilines is 1. The molecule has 1 aromatic carbocycles. The molecule has 104 valence electrons. The van der Waals surface area contributed by atoms with E-state index in [0.29, 0.717) is 16.1 Å². The van der Waals surface area contributed by atoms with Gasteiger partial charge in [-0.15, -0.1) is 0 Å². The van der Waals surface area contributed by atoms with E-state index >= 15 is 0 Å². The Morgan fingerprint density at radius 2 is 2.16 bits per heavy atom. The number of piperidine rings is 1. The topological polar surface area (TPSA) is 15.3 Å². The fraction of sp³-hybridized carbons (Fsp3) is 0.500. The summed E-state index contributed by atoms with van der Waals surface area (Å²) in [6.45, 7) is 3.25. The molecule has 1 N–H and O–H groups in total. The van der Waals surface area contributed by atoms with Crippen molar-refractivity contribution >= 4 is 46.2 Å². The maximum atomic E-state index is 6.01. The molecule has 0 amide bonds. The predicted octanol–water partition coefficient (Wildman–Crippen LogP) is 4.95. The number of hydrogen-bond acceptors (Lipinski definition) is 1. The average molecular weight is 317 g/mol. The molecule has 0 saturated carbocycles. The van der Waals surface area contributed by atoms with Crippen molar-refractivity contribution in [1.82, 2.24) is 4.90 Å². The summed E-state index contributed by atoms with van der Waals surface area (Å²) >= 11 is 17.4. The Morgan fingerprint density at radius 1 is 1.37 bits per heavy atom. The van der Waals surface area contributed by atoms with Crippen molar-refractivity contribution in [2.75, 3.05) is 11.9 Å². The Hall–Kier alpha value is -0.510. The van der Waals surface area contributed by atoms with Crippen LogP contribution in [0, 0.1) is 0 Å². The predicted molar refractivity (Wildman–Crippen MR) is 87.3 cm³/mol. The lowest BCUT2D eigenvalue weighted by atomic mass is 10.0. The Balaban J connectivity index is 2.05. The molecule has 1 aromatic rings. The molecule has 0 radical (unpaired) electrons. The number of nitrogens with one attached hydrogen (secondary N) is 1. The minimum Gasteiger partial charge on any atom is -0.346 e. The van der Waals surface area contributed by atoms with E-state index in [0.717, 1.165) is 23.8 Å². The molecular weight excluding hydrogens is 299 g/mol. The Bertz CT molecular complexity index is 465. The fourth-order valence-electron chi connectivity index (χ4n) is 2.46. The van der Waals surface area contributed by atoms with Crippen molar-refractivity contribution in [3.05, 3.63) is 28.2 Å². The highest BCUT2D eigenvalue weighted by atomic mass is 35.5. The molecule has 5 heteroatoms. The third kappa shape index (κ3) is 3.74. The molecule has 1 unspecified atom stereocenters. The maximum Gasteiger partial charge on any atom is 0.173 e. The molecule has 1 aliphatic heterocycles. The molecule has 0 bridgehead atoms. The Labute approximate surface area is 130 Å². The van der Waals surface area contributed by atoms with Gasteiger partial charge in [0.25, 0.3) is 0 Å². The first-order valence-electron chi connectivity index (χ1n) is 6.64. The number of likely N-dealkylation sites (tertiary alicyclic amines) is 1. The lowest BCUT2D eigenvalue weighted by molar-refractivity contribution is 0.239. The molecule has 1 saturated heterocycles. The molecular formula is C14H18Cl2N2S. The number of nitrogens with zero attached hydrogens (tertiary/aromatic N) is 1. The number of halogens is 2. The van der Waals surface area contributed by atoms with Gasteiger partial charge in [-0.2, -0.15) is 0 Å². The second kappa shape index (κ2) is 6.78. The minimum atomic E-state index is 0.542. The van der Waals surface area contributed by atoms with E-state index in [4.69, 9.17) is 35.4 Å². The summed E-state index contributed by atoms with van der Waals surface area (Å²) in [5.74, 6) is 0. The summed E-state index contributed by atoms with van der Waals surface area (Å²) in [6.07, 6.45) is 4.85. The van der Waals surface area contributed by atoms with Crippen molar-refractivity contribution in [2.24, 2.45) is 0 Å². The number of rotatable bonds is 2. The van der Waals surface area contributed by atoms with Gasteiger partial charge in [0.1, 0.15) is 0 Å². The number of thiocarbonyl (C=S) groups is 1. The molecule has 1 heterocycles. The van der Waals surface area contributed by atoms with Gasteiger partial charge in [-0.1, -0.05) is 30.1 Å². The van der Waals surface area contributed by atoms with Gasteiger partial charge < -0.3 is 10.2 Å². The average Bonchev–Trinajstić information content (AvgIpc) is 2.43. The second-order valence-electron chi connectivity index (χ2n) is 4.81. The summed E-state index contributed by atoms with van der Waals surface area (Å²) in [5, 5.41) is 5.14. The van der Waals surface area contributed by atoms with Crippen molar-refractivity contribution < 1.29 is 0 Å². The summed E-state index contributed by atoms with van der Waals surface area (Å²) < 4.78 is 0. The van der Waals surface area contributed by atoms with Gasteiger partial charge in [0.15, 0.2) is 5.11 Å². The van der Waals surface area contributed by atoms with Crippen LogP contribution in [0.3, 0.4) is 0 Å². The standard InChI is InChI=1S/C14H18Cl2N2S/c1-2-11-5-3-4-8-18(11)14(19)17-10-6-7-12(15)13(16)9-10/h6-7,9,11H,2-5,8H2,1H3,(H,17,19). The third-order valence-corrected chi connectivity index (χ3v) is 4.61. The molecule has 1 aliphatic rings. The van der Waals surface area contributed by atoms with Gasteiger partial charge in [0.2, 0.25) is 0 Å². The van der Waals surface area contributed by atoms with E-state index in [1.54, 1.807) is 12.1 Å². The quantitative estimate of drug-likeness (QED) is 0.777. The van der Waals surface area contributed by atoms with Crippen LogP contribution in [0.2, 0.25) is 10.0 Å². The summed E-state index contributed by atoms with van der Waals surface area (Å²) in [6, 6.07) is 6.03. The van der Waals surface area contributed by atoms with Crippen molar-refractivity contribution in [2.45, 2.75) is 38.6 Å². The van der Waals surface area contributed by atoms with Crippen LogP contribution in [0.5, 0.6) is 0 Å². The highest BCUT2D eigenvalue weighted by molar-refractivity contribution is 7.80. The van der Waals surface area contributed by atoms with Gasteiger partial charge in [-0.3, -0.25) is 0 Å². The van der Waals surface area contributed by atoms with Crippen molar-refractivity contribution in [3.63, 3.8) is 0 Å². The normalized spacial score (nSPS) is 19.3. The van der Waals surface area contributed by atoms with Crippen LogP contribution in [-0.2, 0) is 0 Å². The van der Waals surface area contributed by atoms with E-state index in [9.17, 15) is 0 Å². The lowest BCUT2D eigenvalue weighted by Crippen LogP contribution is -2.45. The SMILES string of the molecule is CCC1CCCCN1C(=S)Nc1ccc(Cl)c(Cl)c1. The highest BCUT2D eigenvalue weighted by Gasteiger charge is 2.22. The van der Waals surface area contributed by atoms with Crippen LogP contribution in [0.15, 0.2) is 18.2 Å². The van der Waals surface area contributed by atoms with Crippen LogP contribution in [0.1, 0.15) is 32.6 Å². The molecule has 2 rings (SSSR count). The number of benzene rings is 1. The highest BCUT2D eigenvalue weighted by Crippen LogP contribution is 2.26. The maximum absolute atomic E-state index is 6.01. The van der Waals surface area contributed by atoms with Crippen LogP contribution < -0.4 is 5.32 Å². The molecule has 19 heavy (non-hydrogen) atoms. The van der Waals surface area contributed by atoms with Gasteiger partial charge in [-0.25, -0.2) is 0 Å². The molecule has 0 aliphatic carbocycles. The first-order valence-corrected chi connectivity index (χ1v) is 7.81. The largest absolute Gasteiger partial charge is 0.346 e. The first-order chi connectivity index (χ1) is 9.11. The van der Waals surface area contributed by atoms with Crippen LogP contribution in [0.25, 0.3) is 0 Å². The van der Waals surface area contributed by atoms with Gasteiger partial charge >= 0.3 is 0 Å².